The van der Waals surface area contributed by atoms with Crippen LogP contribution in [0, 0.1) is 5.92 Å². The van der Waals surface area contributed by atoms with Gasteiger partial charge in [-0.05, 0) is 43.5 Å². The van der Waals surface area contributed by atoms with Gasteiger partial charge in [0.1, 0.15) is 6.04 Å². The Hall–Kier alpha value is -2.37. The number of nitrogens with zero attached hydrogens (tertiary/aromatic N) is 1. The van der Waals surface area contributed by atoms with Gasteiger partial charge in [0.2, 0.25) is 11.8 Å². The Morgan fingerprint density at radius 1 is 1.19 bits per heavy atom. The predicted octanol–water partition coefficient (Wildman–Crippen LogP) is 2.80. The fraction of sp³-hybridized carbons (Fsp3) is 0.550. The van der Waals surface area contributed by atoms with Gasteiger partial charge in [-0.1, -0.05) is 27.2 Å². The minimum Gasteiger partial charge on any atom is -0.354 e. The van der Waals surface area contributed by atoms with Gasteiger partial charge >= 0.3 is 0 Å². The second-order valence-corrected chi connectivity index (χ2v) is 7.02. The van der Waals surface area contributed by atoms with E-state index < -0.39 is 0 Å². The molecule has 0 unspecified atom stereocenters. The SMILES string of the molecule is CCCCNC(=O)[C@H]1CCCN1C(=O)c1ccc(NC(=O)C(C)C)cc1. The molecule has 6 nitrogen and oxygen atoms in total. The first-order valence-corrected chi connectivity index (χ1v) is 9.43. The van der Waals surface area contributed by atoms with E-state index in [0.717, 1.165) is 19.3 Å². The lowest BCUT2D eigenvalue weighted by atomic mass is 10.1. The average molecular weight is 359 g/mol. The second-order valence-electron chi connectivity index (χ2n) is 7.02. The number of hydrogen-bond acceptors (Lipinski definition) is 3. The minimum absolute atomic E-state index is 0.0626. The molecule has 1 aliphatic rings. The maximum absolute atomic E-state index is 12.8. The van der Waals surface area contributed by atoms with Gasteiger partial charge in [0.25, 0.3) is 5.91 Å². The van der Waals surface area contributed by atoms with Crippen LogP contribution in [0.15, 0.2) is 24.3 Å². The molecular formula is C20H29N3O3. The normalized spacial score (nSPS) is 16.6. The average Bonchev–Trinajstić information content (AvgIpc) is 3.11. The van der Waals surface area contributed by atoms with Gasteiger partial charge in [0.15, 0.2) is 0 Å². The largest absolute Gasteiger partial charge is 0.354 e. The zero-order chi connectivity index (χ0) is 19.1. The number of rotatable bonds is 7. The molecule has 1 saturated heterocycles. The molecule has 1 aromatic carbocycles. The van der Waals surface area contributed by atoms with E-state index in [1.165, 1.54) is 0 Å². The maximum atomic E-state index is 12.8. The van der Waals surface area contributed by atoms with Crippen LogP contribution in [0.25, 0.3) is 0 Å². The topological polar surface area (TPSA) is 78.5 Å². The third-order valence-electron chi connectivity index (χ3n) is 4.57. The lowest BCUT2D eigenvalue weighted by Gasteiger charge is -2.24. The standard InChI is InChI=1S/C20H29N3O3/c1-4-5-12-21-19(25)17-7-6-13-23(17)20(26)15-8-10-16(11-9-15)22-18(24)14(2)3/h8-11,14,17H,4-7,12-13H2,1-3H3,(H,21,25)(H,22,24)/t17-/m1/s1. The van der Waals surface area contributed by atoms with E-state index in [9.17, 15) is 14.4 Å². The van der Waals surface area contributed by atoms with Crippen molar-refractivity contribution in [2.75, 3.05) is 18.4 Å². The number of carbonyl (C=O) groups excluding carboxylic acids is 3. The molecule has 2 N–H and O–H groups in total. The van der Waals surface area contributed by atoms with E-state index in [1.54, 1.807) is 29.2 Å². The molecule has 3 amide bonds. The molecule has 26 heavy (non-hydrogen) atoms. The quantitative estimate of drug-likeness (QED) is 0.735. The summed E-state index contributed by atoms with van der Waals surface area (Å²) in [6.45, 7) is 6.97. The van der Waals surface area contributed by atoms with Crippen molar-refractivity contribution in [3.63, 3.8) is 0 Å². The van der Waals surface area contributed by atoms with Gasteiger partial charge in [0.05, 0.1) is 0 Å². The van der Waals surface area contributed by atoms with Crippen molar-refractivity contribution in [3.8, 4) is 0 Å². The van der Waals surface area contributed by atoms with Gasteiger partial charge in [-0.2, -0.15) is 0 Å². The molecule has 6 heteroatoms. The highest BCUT2D eigenvalue weighted by Crippen LogP contribution is 2.21. The van der Waals surface area contributed by atoms with Crippen molar-refractivity contribution >= 4 is 23.4 Å². The van der Waals surface area contributed by atoms with E-state index in [-0.39, 0.29) is 29.7 Å². The summed E-state index contributed by atoms with van der Waals surface area (Å²) >= 11 is 0. The van der Waals surface area contributed by atoms with E-state index in [1.807, 2.05) is 13.8 Å². The number of carbonyl (C=O) groups is 3. The smallest absolute Gasteiger partial charge is 0.254 e. The first-order valence-electron chi connectivity index (χ1n) is 9.43. The number of likely N-dealkylation sites (tertiary alicyclic amines) is 1. The summed E-state index contributed by atoms with van der Waals surface area (Å²) in [5, 5.41) is 5.73. The first kappa shape index (κ1) is 19.9. The van der Waals surface area contributed by atoms with Crippen LogP contribution in [0.2, 0.25) is 0 Å². The van der Waals surface area contributed by atoms with Crippen LogP contribution in [0.5, 0.6) is 0 Å². The summed E-state index contributed by atoms with van der Waals surface area (Å²) in [4.78, 5) is 38.5. The summed E-state index contributed by atoms with van der Waals surface area (Å²) in [5.74, 6) is -0.370. The zero-order valence-electron chi connectivity index (χ0n) is 15.9. The molecule has 0 aromatic heterocycles. The molecular weight excluding hydrogens is 330 g/mol. The van der Waals surface area contributed by atoms with Crippen LogP contribution < -0.4 is 10.6 Å². The molecule has 0 aliphatic carbocycles. The first-order chi connectivity index (χ1) is 12.4. The van der Waals surface area contributed by atoms with Gasteiger partial charge < -0.3 is 15.5 Å². The number of hydrogen-bond donors (Lipinski definition) is 2. The molecule has 1 atom stereocenters. The number of anilines is 1. The number of benzene rings is 1. The summed E-state index contributed by atoms with van der Waals surface area (Å²) in [5.41, 5.74) is 1.19. The van der Waals surface area contributed by atoms with Crippen molar-refractivity contribution in [1.82, 2.24) is 10.2 Å². The highest BCUT2D eigenvalue weighted by atomic mass is 16.2. The van der Waals surface area contributed by atoms with Crippen LogP contribution in [-0.2, 0) is 9.59 Å². The molecule has 0 spiro atoms. The molecule has 1 heterocycles. The van der Waals surface area contributed by atoms with Crippen LogP contribution in [-0.4, -0.2) is 41.8 Å². The molecule has 0 radical (unpaired) electrons. The summed E-state index contributed by atoms with van der Waals surface area (Å²) in [6.07, 6.45) is 3.50. The maximum Gasteiger partial charge on any atom is 0.254 e. The Kier molecular flexibility index (Phi) is 7.18. The highest BCUT2D eigenvalue weighted by Gasteiger charge is 2.34. The zero-order valence-corrected chi connectivity index (χ0v) is 15.9. The number of unbranched alkanes of at least 4 members (excludes halogenated alkanes) is 1. The Labute approximate surface area is 155 Å². The lowest BCUT2D eigenvalue weighted by Crippen LogP contribution is -2.46. The predicted molar refractivity (Wildman–Crippen MR) is 102 cm³/mol. The molecule has 2 rings (SSSR count). The van der Waals surface area contributed by atoms with Gasteiger partial charge in [-0.3, -0.25) is 14.4 Å². The summed E-state index contributed by atoms with van der Waals surface area (Å²) in [6, 6.07) is 6.45. The van der Waals surface area contributed by atoms with Gasteiger partial charge in [0, 0.05) is 30.3 Å². The summed E-state index contributed by atoms with van der Waals surface area (Å²) in [7, 11) is 0. The Morgan fingerprint density at radius 3 is 2.50 bits per heavy atom. The Balaban J connectivity index is 2.00. The summed E-state index contributed by atoms with van der Waals surface area (Å²) < 4.78 is 0. The lowest BCUT2D eigenvalue weighted by molar-refractivity contribution is -0.124. The number of nitrogens with one attached hydrogen (secondary N) is 2. The fourth-order valence-electron chi connectivity index (χ4n) is 2.94. The van der Waals surface area contributed by atoms with Crippen molar-refractivity contribution < 1.29 is 14.4 Å². The van der Waals surface area contributed by atoms with Crippen LogP contribution in [0.4, 0.5) is 5.69 Å². The van der Waals surface area contributed by atoms with Crippen molar-refractivity contribution in [2.24, 2.45) is 5.92 Å². The molecule has 0 saturated carbocycles. The fourth-order valence-corrected chi connectivity index (χ4v) is 2.94. The van der Waals surface area contributed by atoms with Crippen molar-refractivity contribution in [1.29, 1.82) is 0 Å². The third-order valence-corrected chi connectivity index (χ3v) is 4.57. The van der Waals surface area contributed by atoms with Crippen molar-refractivity contribution in [2.45, 2.75) is 52.5 Å². The van der Waals surface area contributed by atoms with Crippen LogP contribution in [0.3, 0.4) is 0 Å². The Bertz CT molecular complexity index is 640. The van der Waals surface area contributed by atoms with Crippen molar-refractivity contribution in [3.05, 3.63) is 29.8 Å². The van der Waals surface area contributed by atoms with E-state index >= 15 is 0 Å². The highest BCUT2D eigenvalue weighted by molar-refractivity contribution is 5.99. The third kappa shape index (κ3) is 5.07. The molecule has 1 aromatic rings. The minimum atomic E-state index is -0.389. The van der Waals surface area contributed by atoms with Gasteiger partial charge in [-0.15, -0.1) is 0 Å². The Morgan fingerprint density at radius 2 is 1.88 bits per heavy atom. The molecule has 0 bridgehead atoms. The van der Waals surface area contributed by atoms with Crippen LogP contribution >= 0.6 is 0 Å². The second kappa shape index (κ2) is 9.36. The monoisotopic (exact) mass is 359 g/mol. The number of amides is 3. The molecule has 1 aliphatic heterocycles. The van der Waals surface area contributed by atoms with Crippen LogP contribution in [0.1, 0.15) is 56.8 Å². The van der Waals surface area contributed by atoms with E-state index in [2.05, 4.69) is 17.6 Å². The van der Waals surface area contributed by atoms with E-state index in [0.29, 0.717) is 30.8 Å². The molecule has 1 fully saturated rings. The molecule has 142 valence electrons. The van der Waals surface area contributed by atoms with E-state index in [4.69, 9.17) is 0 Å². The van der Waals surface area contributed by atoms with Gasteiger partial charge in [-0.25, -0.2) is 0 Å².